The van der Waals surface area contributed by atoms with E-state index in [-0.39, 0.29) is 24.5 Å². The van der Waals surface area contributed by atoms with Crippen molar-refractivity contribution in [3.05, 3.63) is 137 Å². The van der Waals surface area contributed by atoms with Crippen molar-refractivity contribution in [1.82, 2.24) is 0 Å². The molecule has 0 spiro atoms. The van der Waals surface area contributed by atoms with Gasteiger partial charge < -0.3 is 5.32 Å². The molecule has 41 heavy (non-hydrogen) atoms. The molecule has 2 unspecified atom stereocenters. The van der Waals surface area contributed by atoms with Crippen molar-refractivity contribution in [2.45, 2.75) is 31.3 Å². The van der Waals surface area contributed by atoms with E-state index in [0.29, 0.717) is 41.8 Å². The summed E-state index contributed by atoms with van der Waals surface area (Å²) in [6.07, 6.45) is 1.89. The molecule has 0 radical (unpaired) electrons. The molecular formula is C31H24Cl2F4FeN3. The zero-order valence-corrected chi connectivity index (χ0v) is 24.1. The molecule has 4 aromatic rings. The van der Waals surface area contributed by atoms with Crippen molar-refractivity contribution in [2.24, 2.45) is 9.98 Å². The van der Waals surface area contributed by atoms with Crippen LogP contribution in [0, 0.1) is 23.3 Å². The van der Waals surface area contributed by atoms with Crippen LogP contribution < -0.4 is 0 Å². The Morgan fingerprint density at radius 3 is 1.27 bits per heavy atom. The second kappa shape index (κ2) is 15.3. The topological polar surface area (TPSA) is 38.8 Å². The third kappa shape index (κ3) is 8.06. The summed E-state index contributed by atoms with van der Waals surface area (Å²) in [5.74, 6) is -3.08. The molecule has 1 aliphatic heterocycles. The first kappa shape index (κ1) is 30.9. The van der Waals surface area contributed by atoms with Gasteiger partial charge in [-0.15, -0.1) is 0 Å². The maximum atomic E-state index is 14.6. The van der Waals surface area contributed by atoms with Crippen molar-refractivity contribution in [3.63, 3.8) is 0 Å². The van der Waals surface area contributed by atoms with E-state index in [4.69, 9.17) is 25.5 Å². The number of nitrogens with zero attached hydrogens (tertiary/aromatic N) is 3. The quantitative estimate of drug-likeness (QED) is 0.114. The number of hydrogen-bond acceptors (Lipinski definition) is 2. The molecule has 1 aliphatic rings. The van der Waals surface area contributed by atoms with Gasteiger partial charge in [-0.3, -0.25) is 0 Å². The van der Waals surface area contributed by atoms with Crippen LogP contribution in [0.15, 0.2) is 107 Å². The van der Waals surface area contributed by atoms with Crippen molar-refractivity contribution in [3.8, 4) is 0 Å². The average molecular weight is 641 g/mol. The predicted molar refractivity (Wildman–Crippen MR) is 154 cm³/mol. The Balaban J connectivity index is 0.00000124. The molecule has 3 nitrogen and oxygen atoms in total. The first-order valence-corrected chi connectivity index (χ1v) is 15.7. The first-order valence-electron chi connectivity index (χ1n) is 12.6. The van der Waals surface area contributed by atoms with Gasteiger partial charge in [0.1, 0.15) is 11.4 Å². The zero-order valence-electron chi connectivity index (χ0n) is 21.5. The summed E-state index contributed by atoms with van der Waals surface area (Å²) >= 11 is 0.194. The van der Waals surface area contributed by atoms with Gasteiger partial charge in [0.25, 0.3) is 0 Å². The van der Waals surface area contributed by atoms with E-state index in [1.807, 2.05) is 60.7 Å². The fourth-order valence-corrected chi connectivity index (χ4v) is 4.60. The minimum absolute atomic E-state index is 0.194. The molecule has 0 aliphatic carbocycles. The molecule has 213 valence electrons. The van der Waals surface area contributed by atoms with E-state index in [1.165, 1.54) is 12.1 Å². The molecule has 0 amide bonds. The molecule has 1 fully saturated rings. The Morgan fingerprint density at radius 1 is 0.585 bits per heavy atom. The fourth-order valence-electron chi connectivity index (χ4n) is 4.60. The van der Waals surface area contributed by atoms with Crippen molar-refractivity contribution in [2.75, 3.05) is 0 Å². The van der Waals surface area contributed by atoms with Crippen molar-refractivity contribution < 1.29 is 30.7 Å². The zero-order chi connectivity index (χ0) is 29.2. The van der Waals surface area contributed by atoms with Gasteiger partial charge in [0.05, 0.1) is 0 Å². The van der Waals surface area contributed by atoms with Gasteiger partial charge in [-0.25, -0.2) is 27.5 Å². The maximum absolute atomic E-state index is 14.6. The van der Waals surface area contributed by atoms with Crippen LogP contribution in [0.25, 0.3) is 5.32 Å². The Morgan fingerprint density at radius 2 is 0.927 bits per heavy atom. The molecular weight excluding hydrogens is 617 g/mol. The number of aliphatic imine (C=N–C) groups is 2. The van der Waals surface area contributed by atoms with Crippen molar-refractivity contribution >= 4 is 43.0 Å². The Bertz CT molecular complexity index is 1350. The van der Waals surface area contributed by atoms with Gasteiger partial charge in [0.2, 0.25) is 0 Å². The number of piperidine rings is 1. The molecule has 1 saturated heterocycles. The molecule has 2 atom stereocenters. The van der Waals surface area contributed by atoms with Gasteiger partial charge >= 0.3 is 33.3 Å². The van der Waals surface area contributed by atoms with E-state index in [9.17, 15) is 17.6 Å². The fraction of sp³-hybridized carbons (Fsp3) is 0.161. The van der Waals surface area contributed by atoms with Gasteiger partial charge in [-0.2, -0.15) is 0 Å². The van der Waals surface area contributed by atoms with Crippen LogP contribution in [-0.2, 0) is 13.1 Å². The molecule has 0 N–H and O–H groups in total. The van der Waals surface area contributed by atoms with Crippen LogP contribution in [0.3, 0.4) is 0 Å². The number of halogens is 6. The summed E-state index contributed by atoms with van der Waals surface area (Å²) in [5.41, 5.74) is 1.45. The molecule has 4 aromatic carbocycles. The second-order valence-electron chi connectivity index (χ2n) is 9.03. The van der Waals surface area contributed by atoms with E-state index < -0.39 is 35.4 Å². The van der Waals surface area contributed by atoms with E-state index >= 15 is 0 Å². The van der Waals surface area contributed by atoms with Crippen LogP contribution in [-0.4, -0.2) is 23.5 Å². The second-order valence-corrected chi connectivity index (χ2v) is 10.9. The molecule has 0 bridgehead atoms. The average Bonchev–Trinajstić information content (AvgIpc) is 2.98. The molecule has 1 heterocycles. The third-order valence-electron chi connectivity index (χ3n) is 6.42. The first-order chi connectivity index (χ1) is 19.9. The van der Waals surface area contributed by atoms with Crippen molar-refractivity contribution in [1.29, 1.82) is 0 Å². The van der Waals surface area contributed by atoms with Crippen LogP contribution in [0.2, 0.25) is 0 Å². The molecule has 0 aromatic heterocycles. The Hall–Kier alpha value is -3.00. The van der Waals surface area contributed by atoms with Gasteiger partial charge in [0, 0.05) is 11.4 Å². The summed E-state index contributed by atoms with van der Waals surface area (Å²) in [6, 6.07) is 24.4. The Kier molecular flexibility index (Phi) is 11.5. The summed E-state index contributed by atoms with van der Waals surface area (Å²) in [6.45, 7) is 0. The standard InChI is InChI=1S/C31H24F4N3.2ClH.Fe/c32-22-14-7-15-23(33)30(22)37-28(20-10-3-1-4-11-20)26-18-9-19-27(36-26)29(21-12-5-2-6-13-21)38-31-24(34)16-8-17-25(31)35;;;/h1-8,10-17,26-27H,9,18-19H2;2*1H;/q-1;;;+3/p-2. The summed E-state index contributed by atoms with van der Waals surface area (Å²) in [4.78, 5) is 8.89. The van der Waals surface area contributed by atoms with Gasteiger partial charge in [0.15, 0.2) is 23.3 Å². The third-order valence-corrected chi connectivity index (χ3v) is 6.42. The van der Waals surface area contributed by atoms with E-state index in [1.54, 1.807) is 0 Å². The Labute approximate surface area is 251 Å². The van der Waals surface area contributed by atoms with E-state index in [0.717, 1.165) is 24.3 Å². The van der Waals surface area contributed by atoms with E-state index in [2.05, 4.69) is 9.98 Å². The van der Waals surface area contributed by atoms with Crippen LogP contribution in [0.4, 0.5) is 28.9 Å². The molecule has 0 saturated carbocycles. The number of rotatable bonds is 6. The number of benzene rings is 4. The predicted octanol–water partition coefficient (Wildman–Crippen LogP) is 9.86. The summed E-state index contributed by atoms with van der Waals surface area (Å²) in [5, 5.41) is 4.99. The number of para-hydroxylation sites is 2. The van der Waals surface area contributed by atoms with Crippen LogP contribution in [0.5, 0.6) is 0 Å². The number of hydrogen-bond donors (Lipinski definition) is 0. The van der Waals surface area contributed by atoms with Gasteiger partial charge in [-0.1, -0.05) is 104 Å². The molecule has 10 heteroatoms. The monoisotopic (exact) mass is 640 g/mol. The SMILES string of the molecule is Fc1cccc(F)c1N=C(c1ccccc1)C1CCCC(C(=Nc2c(F)cccc2F)c2ccccc2)[N-]1.[Cl][Fe+][Cl]. The van der Waals surface area contributed by atoms with Crippen LogP contribution in [0.1, 0.15) is 30.4 Å². The normalized spacial score (nSPS) is 17.5. The summed E-state index contributed by atoms with van der Waals surface area (Å²) < 4.78 is 58.3. The summed E-state index contributed by atoms with van der Waals surface area (Å²) in [7, 11) is 9.53. The van der Waals surface area contributed by atoms with Crippen LogP contribution >= 0.6 is 20.2 Å². The van der Waals surface area contributed by atoms with Gasteiger partial charge in [-0.05, 0) is 35.4 Å². The molecule has 5 rings (SSSR count). The minimum atomic E-state index is -0.771.